The Morgan fingerprint density at radius 2 is 1.86 bits per heavy atom. The van der Waals surface area contributed by atoms with Crippen LogP contribution in [-0.2, 0) is 13.2 Å². The topological polar surface area (TPSA) is 69.9 Å². The van der Waals surface area contributed by atoms with Crippen LogP contribution in [0.5, 0.6) is 5.75 Å². The van der Waals surface area contributed by atoms with E-state index in [1.807, 2.05) is 72.2 Å². The fraction of sp³-hybridized carbons (Fsp3) is 0.182. The number of carbonyl (C=O) groups is 1. The summed E-state index contributed by atoms with van der Waals surface area (Å²) in [5.41, 5.74) is 1.52. The molecule has 0 aliphatic rings. The van der Waals surface area contributed by atoms with Crippen LogP contribution in [0.4, 0.5) is 0 Å². The minimum Gasteiger partial charge on any atom is -0.483 e. The molecule has 4 aromatic rings. The average molecular weight is 404 g/mol. The van der Waals surface area contributed by atoms with Gasteiger partial charge in [-0.1, -0.05) is 60.3 Å². The van der Waals surface area contributed by atoms with E-state index in [1.165, 1.54) is 11.8 Å². The quantitative estimate of drug-likeness (QED) is 0.320. The van der Waals surface area contributed by atoms with E-state index in [-0.39, 0.29) is 12.4 Å². The van der Waals surface area contributed by atoms with Gasteiger partial charge < -0.3 is 9.30 Å². The summed E-state index contributed by atoms with van der Waals surface area (Å²) in [6.45, 7) is 3.00. The highest BCUT2D eigenvalue weighted by Crippen LogP contribution is 2.24. The van der Waals surface area contributed by atoms with Gasteiger partial charge in [0.15, 0.2) is 16.8 Å². The second-order valence-corrected chi connectivity index (χ2v) is 7.28. The first-order valence-corrected chi connectivity index (χ1v) is 10.3. The van der Waals surface area contributed by atoms with Crippen molar-refractivity contribution < 1.29 is 9.53 Å². The number of fused-ring (bicyclic) bond motifs is 1. The number of thioether (sulfide) groups is 1. The van der Waals surface area contributed by atoms with Crippen molar-refractivity contribution in [1.29, 1.82) is 0 Å². The molecule has 0 amide bonds. The minimum absolute atomic E-state index is 0.0703. The first-order chi connectivity index (χ1) is 14.3. The van der Waals surface area contributed by atoms with Gasteiger partial charge in [-0.15, -0.1) is 10.2 Å². The number of hydrogen-bond donors (Lipinski definition) is 0. The van der Waals surface area contributed by atoms with E-state index in [4.69, 9.17) is 4.74 Å². The van der Waals surface area contributed by atoms with Crippen molar-refractivity contribution in [2.45, 2.75) is 25.2 Å². The van der Waals surface area contributed by atoms with Gasteiger partial charge in [0.2, 0.25) is 0 Å². The summed E-state index contributed by atoms with van der Waals surface area (Å²) in [5, 5.41) is 10.3. The second kappa shape index (κ2) is 8.87. The number of carbonyl (C=O) groups excluding carboxylic acids is 1. The lowest BCUT2D eigenvalue weighted by Gasteiger charge is -2.10. The molecule has 2 aromatic carbocycles. The maximum absolute atomic E-state index is 12.3. The van der Waals surface area contributed by atoms with Crippen molar-refractivity contribution in [3.8, 4) is 5.75 Å². The molecule has 0 bridgehead atoms. The Bertz CT molecular complexity index is 1120. The Morgan fingerprint density at radius 3 is 2.69 bits per heavy atom. The van der Waals surface area contributed by atoms with Crippen LogP contribution < -0.4 is 4.74 Å². The third-order valence-corrected chi connectivity index (χ3v) is 5.46. The lowest BCUT2D eigenvalue weighted by Crippen LogP contribution is -2.08. The maximum atomic E-state index is 12.3. The van der Waals surface area contributed by atoms with Gasteiger partial charge in [-0.2, -0.15) is 0 Å². The lowest BCUT2D eigenvalue weighted by atomic mass is 10.2. The molecular formula is C22H20N4O2S. The molecular weight excluding hydrogens is 384 g/mol. The van der Waals surface area contributed by atoms with Gasteiger partial charge in [-0.3, -0.25) is 9.78 Å². The lowest BCUT2D eigenvalue weighted by molar-refractivity contribution is 0.102. The highest BCUT2D eigenvalue weighted by Gasteiger charge is 2.15. The summed E-state index contributed by atoms with van der Waals surface area (Å²) >= 11 is 1.39. The number of benzene rings is 2. The molecule has 0 saturated carbocycles. The molecule has 7 heteroatoms. The standard InChI is InChI=1S/C22H20N4O2S/c1-2-26-20(14-28-19-12-6-10-17-11-7-13-23-21(17)19)24-25-22(26)29-15-18(27)16-8-4-3-5-9-16/h3-13H,2,14-15H2,1H3. The number of hydrogen-bond acceptors (Lipinski definition) is 6. The fourth-order valence-corrected chi connectivity index (χ4v) is 3.94. The Balaban J connectivity index is 1.45. The molecule has 0 aliphatic heterocycles. The number of pyridine rings is 1. The zero-order valence-corrected chi connectivity index (χ0v) is 16.8. The smallest absolute Gasteiger partial charge is 0.191 e. The van der Waals surface area contributed by atoms with Gasteiger partial charge >= 0.3 is 0 Å². The number of Topliss-reactive ketones (excluding diaryl/α,β-unsaturated/α-hetero) is 1. The van der Waals surface area contributed by atoms with Crippen LogP contribution in [0.2, 0.25) is 0 Å². The number of ketones is 1. The second-order valence-electron chi connectivity index (χ2n) is 6.34. The molecule has 6 nitrogen and oxygen atoms in total. The van der Waals surface area contributed by atoms with Crippen LogP contribution in [0.15, 0.2) is 72.0 Å². The highest BCUT2D eigenvalue weighted by atomic mass is 32.2. The van der Waals surface area contributed by atoms with Crippen LogP contribution in [0.25, 0.3) is 10.9 Å². The largest absolute Gasteiger partial charge is 0.483 e. The molecule has 2 aromatic heterocycles. The van der Waals surface area contributed by atoms with Crippen LogP contribution in [0, 0.1) is 0 Å². The van der Waals surface area contributed by atoms with Gasteiger partial charge in [-0.25, -0.2) is 0 Å². The molecule has 0 spiro atoms. The molecule has 0 unspecified atom stereocenters. The third-order valence-electron chi connectivity index (χ3n) is 4.49. The zero-order chi connectivity index (χ0) is 20.1. The molecule has 146 valence electrons. The Kier molecular flexibility index (Phi) is 5.86. The Labute approximate surface area is 172 Å². The molecule has 4 rings (SSSR count). The Morgan fingerprint density at radius 1 is 1.03 bits per heavy atom. The predicted molar refractivity (Wildman–Crippen MR) is 113 cm³/mol. The monoisotopic (exact) mass is 404 g/mol. The third kappa shape index (κ3) is 4.30. The first-order valence-electron chi connectivity index (χ1n) is 9.36. The van der Waals surface area contributed by atoms with E-state index in [1.54, 1.807) is 6.20 Å². The predicted octanol–water partition coefficient (Wildman–Crippen LogP) is 4.40. The molecule has 2 heterocycles. The minimum atomic E-state index is 0.0703. The zero-order valence-electron chi connectivity index (χ0n) is 16.0. The molecule has 0 aliphatic carbocycles. The molecule has 0 radical (unpaired) electrons. The van der Waals surface area contributed by atoms with E-state index in [2.05, 4.69) is 15.2 Å². The summed E-state index contributed by atoms with van der Waals surface area (Å²) in [6.07, 6.45) is 1.75. The van der Waals surface area contributed by atoms with E-state index < -0.39 is 0 Å². The normalized spacial score (nSPS) is 10.9. The number of rotatable bonds is 8. The SMILES string of the molecule is CCn1c(COc2cccc3cccnc23)nnc1SCC(=O)c1ccccc1. The van der Waals surface area contributed by atoms with Crippen molar-refractivity contribution in [3.05, 3.63) is 78.2 Å². The van der Waals surface area contributed by atoms with Crippen LogP contribution in [0.1, 0.15) is 23.1 Å². The van der Waals surface area contributed by atoms with Gasteiger partial charge in [0.05, 0.1) is 5.75 Å². The molecule has 0 saturated heterocycles. The summed E-state index contributed by atoms with van der Waals surface area (Å²) < 4.78 is 7.97. The van der Waals surface area contributed by atoms with Crippen LogP contribution >= 0.6 is 11.8 Å². The van der Waals surface area contributed by atoms with Crippen molar-refractivity contribution in [3.63, 3.8) is 0 Å². The maximum Gasteiger partial charge on any atom is 0.191 e. The van der Waals surface area contributed by atoms with E-state index in [0.29, 0.717) is 28.8 Å². The fourth-order valence-electron chi connectivity index (χ4n) is 3.02. The molecule has 0 fully saturated rings. The summed E-state index contributed by atoms with van der Waals surface area (Å²) in [4.78, 5) is 16.8. The highest BCUT2D eigenvalue weighted by molar-refractivity contribution is 7.99. The van der Waals surface area contributed by atoms with E-state index in [0.717, 1.165) is 16.7 Å². The summed E-state index contributed by atoms with van der Waals surface area (Å²) in [5.74, 6) is 1.81. The molecule has 29 heavy (non-hydrogen) atoms. The number of aromatic nitrogens is 4. The number of para-hydroxylation sites is 1. The van der Waals surface area contributed by atoms with Gasteiger partial charge in [0.25, 0.3) is 0 Å². The first kappa shape index (κ1) is 19.1. The van der Waals surface area contributed by atoms with Gasteiger partial charge in [-0.05, 0) is 19.1 Å². The Hall–Kier alpha value is -3.19. The van der Waals surface area contributed by atoms with Crippen molar-refractivity contribution in [1.82, 2.24) is 19.7 Å². The van der Waals surface area contributed by atoms with E-state index >= 15 is 0 Å². The molecule has 0 atom stereocenters. The van der Waals surface area contributed by atoms with Crippen molar-refractivity contribution in [2.75, 3.05) is 5.75 Å². The van der Waals surface area contributed by atoms with Crippen LogP contribution in [0.3, 0.4) is 0 Å². The van der Waals surface area contributed by atoms with Gasteiger partial charge in [0.1, 0.15) is 17.9 Å². The van der Waals surface area contributed by atoms with Crippen molar-refractivity contribution in [2.24, 2.45) is 0 Å². The average Bonchev–Trinajstić information content (AvgIpc) is 3.18. The van der Waals surface area contributed by atoms with Crippen LogP contribution in [-0.4, -0.2) is 31.3 Å². The van der Waals surface area contributed by atoms with Gasteiger partial charge in [0, 0.05) is 23.7 Å². The molecule has 0 N–H and O–H groups in total. The summed E-state index contributed by atoms with van der Waals surface area (Å²) in [7, 11) is 0. The van der Waals surface area contributed by atoms with Crippen molar-refractivity contribution >= 4 is 28.4 Å². The number of nitrogens with zero attached hydrogens (tertiary/aromatic N) is 4. The number of ether oxygens (including phenoxy) is 1. The van der Waals surface area contributed by atoms with E-state index in [9.17, 15) is 4.79 Å². The summed E-state index contributed by atoms with van der Waals surface area (Å²) in [6, 6.07) is 19.0.